The zero-order valence-electron chi connectivity index (χ0n) is 7.36. The van der Waals surface area contributed by atoms with Crippen molar-refractivity contribution in [2.75, 3.05) is 0 Å². The molecule has 0 unspecified atom stereocenters. The number of rotatable bonds is 3. The molecular formula is C8H7ClN2O3. The van der Waals surface area contributed by atoms with Gasteiger partial charge in [-0.2, -0.15) is 0 Å². The first kappa shape index (κ1) is 10.6. The molecule has 1 heterocycles. The van der Waals surface area contributed by atoms with Gasteiger partial charge in [0.15, 0.2) is 5.78 Å². The summed E-state index contributed by atoms with van der Waals surface area (Å²) in [4.78, 5) is 24.7. The van der Waals surface area contributed by atoms with Crippen molar-refractivity contribution in [2.24, 2.45) is 0 Å². The number of ketones is 1. The Morgan fingerprint density at radius 3 is 2.71 bits per heavy atom. The van der Waals surface area contributed by atoms with E-state index in [9.17, 15) is 14.9 Å². The van der Waals surface area contributed by atoms with Crippen LogP contribution in [0.1, 0.15) is 23.1 Å². The first-order valence-corrected chi connectivity index (χ1v) is 4.30. The molecule has 0 fully saturated rings. The molecule has 0 spiro atoms. The number of halogens is 1. The highest BCUT2D eigenvalue weighted by Crippen LogP contribution is 2.15. The number of nitrogens with zero attached hydrogens (tertiary/aromatic N) is 2. The van der Waals surface area contributed by atoms with E-state index >= 15 is 0 Å². The molecule has 0 atom stereocenters. The molecule has 1 rings (SSSR count). The average Bonchev–Trinajstić information content (AvgIpc) is 2.16. The second kappa shape index (κ2) is 4.15. The molecule has 0 aliphatic carbocycles. The van der Waals surface area contributed by atoms with Crippen LogP contribution in [-0.2, 0) is 5.88 Å². The lowest BCUT2D eigenvalue weighted by Gasteiger charge is -1.99. The van der Waals surface area contributed by atoms with Gasteiger partial charge in [0, 0.05) is 19.1 Å². The van der Waals surface area contributed by atoms with Crippen molar-refractivity contribution in [3.8, 4) is 0 Å². The van der Waals surface area contributed by atoms with Gasteiger partial charge in [0.2, 0.25) is 0 Å². The molecule has 0 aliphatic heterocycles. The maximum atomic E-state index is 11.0. The van der Waals surface area contributed by atoms with E-state index in [0.29, 0.717) is 5.69 Å². The molecular weight excluding hydrogens is 208 g/mol. The van der Waals surface area contributed by atoms with E-state index in [1.807, 2.05) is 0 Å². The molecule has 0 aliphatic rings. The van der Waals surface area contributed by atoms with E-state index in [2.05, 4.69) is 4.98 Å². The number of alkyl halides is 1. The zero-order chi connectivity index (χ0) is 10.7. The molecule has 5 nitrogen and oxygen atoms in total. The minimum Gasteiger partial charge on any atom is -0.293 e. The normalized spacial score (nSPS) is 9.86. The van der Waals surface area contributed by atoms with E-state index in [0.717, 1.165) is 6.07 Å². The lowest BCUT2D eigenvalue weighted by molar-refractivity contribution is -0.385. The van der Waals surface area contributed by atoms with Crippen LogP contribution in [0.5, 0.6) is 0 Å². The molecule has 1 aromatic heterocycles. The number of aromatic nitrogens is 1. The number of pyridine rings is 1. The van der Waals surface area contributed by atoms with Crippen LogP contribution in [0.15, 0.2) is 12.1 Å². The second-order valence-electron chi connectivity index (χ2n) is 2.65. The molecule has 0 saturated carbocycles. The van der Waals surface area contributed by atoms with Crippen LogP contribution in [0.2, 0.25) is 0 Å². The largest absolute Gasteiger partial charge is 0.293 e. The first-order chi connectivity index (χ1) is 6.54. The number of Topliss-reactive ketones (excluding diaryl/α,β-unsaturated/α-hetero) is 1. The standard InChI is InChI=1S/C8H7ClN2O3/c1-5(12)8-3-7(11(13)14)2-6(4-9)10-8/h2-3H,4H2,1H3. The van der Waals surface area contributed by atoms with Crippen molar-refractivity contribution in [1.82, 2.24) is 4.98 Å². The molecule has 0 bridgehead atoms. The van der Waals surface area contributed by atoms with Gasteiger partial charge >= 0.3 is 0 Å². The van der Waals surface area contributed by atoms with Gasteiger partial charge in [-0.1, -0.05) is 0 Å². The van der Waals surface area contributed by atoms with Gasteiger partial charge in [0.05, 0.1) is 16.5 Å². The zero-order valence-corrected chi connectivity index (χ0v) is 8.11. The maximum Gasteiger partial charge on any atom is 0.273 e. The Hall–Kier alpha value is -1.49. The lowest BCUT2D eigenvalue weighted by atomic mass is 10.2. The van der Waals surface area contributed by atoms with Gasteiger partial charge in [-0.25, -0.2) is 4.98 Å². The molecule has 14 heavy (non-hydrogen) atoms. The van der Waals surface area contributed by atoms with Crippen molar-refractivity contribution < 1.29 is 9.72 Å². The number of carbonyl (C=O) groups excluding carboxylic acids is 1. The third-order valence-electron chi connectivity index (χ3n) is 1.57. The molecule has 0 saturated heterocycles. The fraction of sp³-hybridized carbons (Fsp3) is 0.250. The number of hydrogen-bond acceptors (Lipinski definition) is 4. The minimum absolute atomic E-state index is 0.0436. The van der Waals surface area contributed by atoms with Crippen molar-refractivity contribution in [2.45, 2.75) is 12.8 Å². The highest BCUT2D eigenvalue weighted by Gasteiger charge is 2.12. The van der Waals surface area contributed by atoms with E-state index in [-0.39, 0.29) is 23.0 Å². The number of hydrogen-bond donors (Lipinski definition) is 0. The van der Waals surface area contributed by atoms with Crippen LogP contribution in [0.25, 0.3) is 0 Å². The summed E-state index contributed by atoms with van der Waals surface area (Å²) in [6, 6.07) is 2.39. The number of carbonyl (C=O) groups is 1. The van der Waals surface area contributed by atoms with Gasteiger partial charge in [0.25, 0.3) is 5.69 Å². The van der Waals surface area contributed by atoms with Crippen molar-refractivity contribution >= 4 is 23.1 Å². The molecule has 0 N–H and O–H groups in total. The highest BCUT2D eigenvalue weighted by molar-refractivity contribution is 6.16. The molecule has 0 aromatic carbocycles. The third kappa shape index (κ3) is 2.26. The van der Waals surface area contributed by atoms with E-state index in [1.54, 1.807) is 0 Å². The highest BCUT2D eigenvalue weighted by atomic mass is 35.5. The Bertz CT molecular complexity index is 360. The Balaban J connectivity index is 3.27. The summed E-state index contributed by atoms with van der Waals surface area (Å²) in [6.45, 7) is 1.30. The summed E-state index contributed by atoms with van der Waals surface area (Å²) in [6.07, 6.45) is 0. The van der Waals surface area contributed by atoms with Crippen LogP contribution in [0.3, 0.4) is 0 Å². The SMILES string of the molecule is CC(=O)c1cc([N+](=O)[O-])cc(CCl)n1. The predicted octanol–water partition coefficient (Wildman–Crippen LogP) is 1.93. The van der Waals surface area contributed by atoms with Gasteiger partial charge in [-0.05, 0) is 0 Å². The van der Waals surface area contributed by atoms with Gasteiger partial charge < -0.3 is 0 Å². The van der Waals surface area contributed by atoms with Gasteiger partial charge in [0.1, 0.15) is 5.69 Å². The van der Waals surface area contributed by atoms with Gasteiger partial charge in [-0.3, -0.25) is 14.9 Å². The van der Waals surface area contributed by atoms with Crippen molar-refractivity contribution in [3.63, 3.8) is 0 Å². The lowest BCUT2D eigenvalue weighted by Crippen LogP contribution is -2.01. The average molecular weight is 215 g/mol. The van der Waals surface area contributed by atoms with E-state index in [1.165, 1.54) is 13.0 Å². The first-order valence-electron chi connectivity index (χ1n) is 3.77. The molecule has 0 radical (unpaired) electrons. The quantitative estimate of drug-likeness (QED) is 0.334. The predicted molar refractivity (Wildman–Crippen MR) is 50.5 cm³/mol. The van der Waals surface area contributed by atoms with Gasteiger partial charge in [-0.15, -0.1) is 11.6 Å². The van der Waals surface area contributed by atoms with Crippen molar-refractivity contribution in [1.29, 1.82) is 0 Å². The summed E-state index contributed by atoms with van der Waals surface area (Å²) in [7, 11) is 0. The van der Waals surface area contributed by atoms with Crippen LogP contribution >= 0.6 is 11.6 Å². The van der Waals surface area contributed by atoms with Crippen molar-refractivity contribution in [3.05, 3.63) is 33.6 Å². The fourth-order valence-electron chi connectivity index (χ4n) is 0.926. The molecule has 74 valence electrons. The minimum atomic E-state index is -0.579. The third-order valence-corrected chi connectivity index (χ3v) is 1.85. The van der Waals surface area contributed by atoms with Crippen LogP contribution in [0.4, 0.5) is 5.69 Å². The fourth-order valence-corrected chi connectivity index (χ4v) is 1.06. The van der Waals surface area contributed by atoms with Crippen LogP contribution < -0.4 is 0 Å². The van der Waals surface area contributed by atoms with Crippen LogP contribution in [0, 0.1) is 10.1 Å². The maximum absolute atomic E-state index is 11.0. The van der Waals surface area contributed by atoms with E-state index in [4.69, 9.17) is 11.6 Å². The van der Waals surface area contributed by atoms with E-state index < -0.39 is 4.92 Å². The molecule has 1 aromatic rings. The Labute approximate surface area is 84.9 Å². The number of nitro groups is 1. The smallest absolute Gasteiger partial charge is 0.273 e. The molecule has 6 heteroatoms. The summed E-state index contributed by atoms with van der Waals surface area (Å²) >= 11 is 5.48. The summed E-state index contributed by atoms with van der Waals surface area (Å²) in [5.74, 6) is -0.276. The summed E-state index contributed by atoms with van der Waals surface area (Å²) in [5, 5.41) is 10.5. The summed E-state index contributed by atoms with van der Waals surface area (Å²) in [5.41, 5.74) is 0.224. The Morgan fingerprint density at radius 2 is 2.29 bits per heavy atom. The second-order valence-corrected chi connectivity index (χ2v) is 2.92. The topological polar surface area (TPSA) is 73.1 Å². The summed E-state index contributed by atoms with van der Waals surface area (Å²) < 4.78 is 0. The molecule has 0 amide bonds. The monoisotopic (exact) mass is 214 g/mol. The van der Waals surface area contributed by atoms with Crippen LogP contribution in [-0.4, -0.2) is 15.7 Å². The Kier molecular flexibility index (Phi) is 3.14. The Morgan fingerprint density at radius 1 is 1.64 bits per heavy atom.